The average molecular weight is 402 g/mol. The maximum absolute atomic E-state index is 13.0. The Hall–Kier alpha value is -3.12. The molecule has 1 amide bonds. The molecule has 1 saturated heterocycles. The summed E-state index contributed by atoms with van der Waals surface area (Å²) in [5.41, 5.74) is 3.71. The molecule has 0 radical (unpaired) electrons. The van der Waals surface area contributed by atoms with Gasteiger partial charge in [-0.1, -0.05) is 0 Å². The van der Waals surface area contributed by atoms with Gasteiger partial charge in [-0.2, -0.15) is 0 Å². The molecule has 2 aromatic heterocycles. The van der Waals surface area contributed by atoms with Gasteiger partial charge in [-0.05, 0) is 74.1 Å². The minimum atomic E-state index is -0.137. The van der Waals surface area contributed by atoms with Gasteiger partial charge in [0.2, 0.25) is 0 Å². The average Bonchev–Trinajstić information content (AvgIpc) is 3.35. The summed E-state index contributed by atoms with van der Waals surface area (Å²) >= 11 is 0. The Labute approximate surface area is 175 Å². The predicted octanol–water partition coefficient (Wildman–Crippen LogP) is 3.72. The van der Waals surface area contributed by atoms with E-state index in [1.165, 1.54) is 12.8 Å². The lowest BCUT2D eigenvalue weighted by molar-refractivity contribution is 0.0946. The van der Waals surface area contributed by atoms with E-state index < -0.39 is 0 Å². The Morgan fingerprint density at radius 3 is 2.70 bits per heavy atom. The first-order valence-electron chi connectivity index (χ1n) is 10.5. The van der Waals surface area contributed by atoms with E-state index in [9.17, 15) is 9.90 Å². The van der Waals surface area contributed by atoms with Gasteiger partial charge < -0.3 is 19.9 Å². The Morgan fingerprint density at radius 1 is 1.10 bits per heavy atom. The lowest BCUT2D eigenvalue weighted by Gasteiger charge is -2.15. The summed E-state index contributed by atoms with van der Waals surface area (Å²) in [6.45, 7) is 5.82. The van der Waals surface area contributed by atoms with Crippen molar-refractivity contribution in [1.29, 1.82) is 0 Å². The molecular formula is C24H26N4O2. The third-order valence-electron chi connectivity index (χ3n) is 6.39. The van der Waals surface area contributed by atoms with Crippen molar-refractivity contribution in [3.05, 3.63) is 47.8 Å². The summed E-state index contributed by atoms with van der Waals surface area (Å²) in [5, 5.41) is 16.9. The third kappa shape index (κ3) is 2.99. The van der Waals surface area contributed by atoms with Crippen molar-refractivity contribution < 1.29 is 9.90 Å². The van der Waals surface area contributed by atoms with Crippen molar-refractivity contribution in [1.82, 2.24) is 19.8 Å². The van der Waals surface area contributed by atoms with Crippen LogP contribution >= 0.6 is 0 Å². The number of nitrogens with one attached hydrogen (secondary N) is 1. The number of likely N-dealkylation sites (tertiary alicyclic amines) is 1. The second-order valence-corrected chi connectivity index (χ2v) is 8.22. The van der Waals surface area contributed by atoms with Gasteiger partial charge in [0.05, 0.1) is 5.52 Å². The topological polar surface area (TPSA) is 70.4 Å². The highest BCUT2D eigenvalue weighted by atomic mass is 16.3. The minimum Gasteiger partial charge on any atom is -0.508 e. The number of nitrogens with zero attached hydrogens (tertiary/aromatic N) is 3. The molecule has 2 aromatic carbocycles. The molecule has 0 atom stereocenters. The van der Waals surface area contributed by atoms with Gasteiger partial charge in [0.1, 0.15) is 11.4 Å². The number of amides is 1. The molecular weight excluding hydrogens is 376 g/mol. The summed E-state index contributed by atoms with van der Waals surface area (Å²) in [5.74, 6) is 0.0976. The Kier molecular flexibility index (Phi) is 4.59. The summed E-state index contributed by atoms with van der Waals surface area (Å²) in [6, 6.07) is 9.44. The molecule has 154 valence electrons. The van der Waals surface area contributed by atoms with Crippen molar-refractivity contribution >= 4 is 38.5 Å². The van der Waals surface area contributed by atoms with Crippen LogP contribution in [-0.4, -0.2) is 51.6 Å². The van der Waals surface area contributed by atoms with Crippen molar-refractivity contribution in [3.8, 4) is 5.75 Å². The molecule has 2 N–H and O–H groups in total. The normalized spacial score (nSPS) is 14.9. The molecule has 0 saturated carbocycles. The number of phenolic OH excluding ortho intramolecular Hbond substituents is 1. The van der Waals surface area contributed by atoms with Crippen LogP contribution in [0.25, 0.3) is 32.6 Å². The van der Waals surface area contributed by atoms with Crippen LogP contribution in [0.1, 0.15) is 28.9 Å². The first-order valence-corrected chi connectivity index (χ1v) is 10.5. The first kappa shape index (κ1) is 18.9. The fourth-order valence-electron chi connectivity index (χ4n) is 4.88. The molecule has 30 heavy (non-hydrogen) atoms. The van der Waals surface area contributed by atoms with Crippen LogP contribution in [-0.2, 0) is 7.05 Å². The van der Waals surface area contributed by atoms with Crippen LogP contribution in [0, 0.1) is 6.92 Å². The molecule has 6 heteroatoms. The fourth-order valence-corrected chi connectivity index (χ4v) is 4.88. The molecule has 5 rings (SSSR count). The van der Waals surface area contributed by atoms with Crippen molar-refractivity contribution in [2.75, 3.05) is 26.2 Å². The molecule has 0 aliphatic carbocycles. The van der Waals surface area contributed by atoms with E-state index in [0.717, 1.165) is 57.8 Å². The number of hydrogen-bond acceptors (Lipinski definition) is 4. The predicted molar refractivity (Wildman–Crippen MR) is 120 cm³/mol. The molecule has 3 heterocycles. The second-order valence-electron chi connectivity index (χ2n) is 8.22. The summed E-state index contributed by atoms with van der Waals surface area (Å²) in [6.07, 6.45) is 4.20. The van der Waals surface area contributed by atoms with Crippen LogP contribution in [0.2, 0.25) is 0 Å². The number of aromatic hydroxyl groups is 1. The van der Waals surface area contributed by atoms with E-state index in [4.69, 9.17) is 0 Å². The van der Waals surface area contributed by atoms with Crippen molar-refractivity contribution in [2.45, 2.75) is 19.8 Å². The highest BCUT2D eigenvalue weighted by molar-refractivity contribution is 6.17. The van der Waals surface area contributed by atoms with Gasteiger partial charge >= 0.3 is 0 Å². The lowest BCUT2D eigenvalue weighted by atomic mass is 10.00. The van der Waals surface area contributed by atoms with Crippen LogP contribution in [0.15, 0.2) is 36.5 Å². The third-order valence-corrected chi connectivity index (χ3v) is 6.39. The molecule has 4 aromatic rings. The standard InChI is InChI=1S/C24H26N4O2/c1-15-17-7-8-25-22(24(30)26-9-12-28-10-3-4-11-28)19(17)14-20-18-13-16(29)5-6-21(18)27(2)23(15)20/h5-8,13-14,29H,3-4,9-12H2,1-2H3,(H,26,30). The molecule has 1 aliphatic heterocycles. The number of aromatic nitrogens is 2. The number of hydrogen-bond donors (Lipinski definition) is 2. The number of aryl methyl sites for hydroxylation is 2. The SMILES string of the molecule is Cc1c2ccnc(C(=O)NCCN3CCCC3)c2cc2c3cc(O)ccc3n(C)c12. The number of carbonyl (C=O) groups excluding carboxylic acids is 1. The van der Waals surface area contributed by atoms with Crippen LogP contribution in [0.5, 0.6) is 5.75 Å². The Morgan fingerprint density at radius 2 is 1.90 bits per heavy atom. The van der Waals surface area contributed by atoms with E-state index >= 15 is 0 Å². The van der Waals surface area contributed by atoms with Crippen LogP contribution in [0.3, 0.4) is 0 Å². The van der Waals surface area contributed by atoms with E-state index in [-0.39, 0.29) is 11.7 Å². The molecule has 1 aliphatic rings. The molecule has 1 fully saturated rings. The first-order chi connectivity index (χ1) is 14.5. The zero-order chi connectivity index (χ0) is 20.8. The monoisotopic (exact) mass is 402 g/mol. The fraction of sp³-hybridized carbons (Fsp3) is 0.333. The number of rotatable bonds is 4. The number of benzene rings is 2. The van der Waals surface area contributed by atoms with Crippen LogP contribution in [0.4, 0.5) is 0 Å². The lowest BCUT2D eigenvalue weighted by Crippen LogP contribution is -2.33. The quantitative estimate of drug-likeness (QED) is 0.546. The highest BCUT2D eigenvalue weighted by Gasteiger charge is 2.19. The van der Waals surface area contributed by atoms with Gasteiger partial charge in [-0.15, -0.1) is 0 Å². The van der Waals surface area contributed by atoms with Gasteiger partial charge in [0.25, 0.3) is 5.91 Å². The number of phenols is 1. The number of carbonyl (C=O) groups is 1. The Bertz CT molecular complexity index is 1290. The van der Waals surface area contributed by atoms with E-state index in [2.05, 4.69) is 26.7 Å². The van der Waals surface area contributed by atoms with Crippen molar-refractivity contribution in [2.24, 2.45) is 7.05 Å². The maximum atomic E-state index is 13.0. The molecule has 0 bridgehead atoms. The number of pyridine rings is 1. The minimum absolute atomic E-state index is 0.137. The molecule has 0 spiro atoms. The van der Waals surface area contributed by atoms with E-state index in [0.29, 0.717) is 12.2 Å². The van der Waals surface area contributed by atoms with E-state index in [1.54, 1.807) is 18.3 Å². The largest absolute Gasteiger partial charge is 0.508 e. The van der Waals surface area contributed by atoms with Crippen LogP contribution < -0.4 is 5.32 Å². The zero-order valence-electron chi connectivity index (χ0n) is 17.4. The van der Waals surface area contributed by atoms with Gasteiger partial charge in [-0.3, -0.25) is 9.78 Å². The molecule has 6 nitrogen and oxygen atoms in total. The number of fused-ring (bicyclic) bond motifs is 4. The maximum Gasteiger partial charge on any atom is 0.270 e. The summed E-state index contributed by atoms with van der Waals surface area (Å²) < 4.78 is 2.15. The van der Waals surface area contributed by atoms with Gasteiger partial charge in [-0.25, -0.2) is 0 Å². The second kappa shape index (κ2) is 7.29. The van der Waals surface area contributed by atoms with E-state index in [1.807, 2.05) is 25.2 Å². The van der Waals surface area contributed by atoms with Gasteiger partial charge in [0.15, 0.2) is 0 Å². The smallest absolute Gasteiger partial charge is 0.270 e. The van der Waals surface area contributed by atoms with Crippen molar-refractivity contribution in [3.63, 3.8) is 0 Å². The zero-order valence-corrected chi connectivity index (χ0v) is 17.4. The summed E-state index contributed by atoms with van der Waals surface area (Å²) in [4.78, 5) is 19.8. The highest BCUT2D eigenvalue weighted by Crippen LogP contribution is 2.36. The molecule has 0 unspecified atom stereocenters. The Balaban J connectivity index is 1.59. The summed E-state index contributed by atoms with van der Waals surface area (Å²) in [7, 11) is 2.04. The van der Waals surface area contributed by atoms with Gasteiger partial charge in [0, 0.05) is 48.0 Å².